The minimum Gasteiger partial charge on any atom is -0.191 e. The average Bonchev–Trinajstić information content (AvgIpc) is 3.17. The fraction of sp³-hybridized carbons (Fsp3) is 0.250. The molecule has 0 fully saturated rings. The zero-order valence-electron chi connectivity index (χ0n) is 10.8. The third kappa shape index (κ3) is 2.11. The molecular weight excluding hydrogens is 292 g/mol. The van der Waals surface area contributed by atoms with Crippen LogP contribution in [0.25, 0.3) is 15.7 Å². The van der Waals surface area contributed by atoms with Crippen molar-refractivity contribution in [3.8, 4) is 21.8 Å². The molecule has 0 aliphatic carbocycles. The number of aromatic nitrogens is 5. The fourth-order valence-corrected chi connectivity index (χ4v) is 3.23. The molecule has 3 aromatic heterocycles. The quantitative estimate of drug-likeness (QED) is 0.743. The van der Waals surface area contributed by atoms with Crippen molar-refractivity contribution in [2.24, 2.45) is 0 Å². The molecule has 0 aromatic carbocycles. The average molecular weight is 302 g/mol. The summed E-state index contributed by atoms with van der Waals surface area (Å²) in [5.74, 6) is 0.311. The van der Waals surface area contributed by atoms with Gasteiger partial charge in [-0.2, -0.15) is 9.94 Å². The third-order valence-electron chi connectivity index (χ3n) is 2.64. The molecule has 0 atom stereocenters. The van der Waals surface area contributed by atoms with Crippen LogP contribution in [-0.4, -0.2) is 25.2 Å². The molecular formula is C12H10N6S2. The van der Waals surface area contributed by atoms with Crippen LogP contribution >= 0.6 is 22.7 Å². The molecule has 0 saturated heterocycles. The first-order chi connectivity index (χ1) is 9.70. The van der Waals surface area contributed by atoms with E-state index < -0.39 is 0 Å². The van der Waals surface area contributed by atoms with Gasteiger partial charge in [0.1, 0.15) is 16.8 Å². The van der Waals surface area contributed by atoms with E-state index in [1.807, 2.05) is 17.5 Å². The van der Waals surface area contributed by atoms with E-state index in [0.29, 0.717) is 22.4 Å². The first-order valence-electron chi connectivity index (χ1n) is 5.94. The normalized spacial score (nSPS) is 10.9. The molecule has 0 unspecified atom stereocenters. The number of hydrogen-bond acceptors (Lipinski definition) is 7. The Hall–Kier alpha value is -2.11. The van der Waals surface area contributed by atoms with Crippen LogP contribution in [0.5, 0.6) is 0 Å². The Labute approximate surface area is 123 Å². The van der Waals surface area contributed by atoms with Gasteiger partial charge in [0.05, 0.1) is 4.88 Å². The standard InChI is InChI=1S/C12H10N6S2/c1-7(2)11-15-16-12(20-11)18-10(8(6-13)14-17-18)9-4-3-5-19-9/h3-5,7H,1-2H3. The Morgan fingerprint density at radius 2 is 2.15 bits per heavy atom. The lowest BCUT2D eigenvalue weighted by Crippen LogP contribution is -1.98. The van der Waals surface area contributed by atoms with Gasteiger partial charge in [0.25, 0.3) is 0 Å². The first-order valence-corrected chi connectivity index (χ1v) is 7.63. The summed E-state index contributed by atoms with van der Waals surface area (Å²) in [6, 6.07) is 5.94. The van der Waals surface area contributed by atoms with Crippen LogP contribution in [0.1, 0.15) is 30.5 Å². The van der Waals surface area contributed by atoms with Gasteiger partial charge >= 0.3 is 0 Å². The molecule has 8 heteroatoms. The minimum absolute atomic E-state index is 0.300. The monoisotopic (exact) mass is 302 g/mol. The molecule has 0 amide bonds. The number of nitriles is 1. The highest BCUT2D eigenvalue weighted by atomic mass is 32.1. The lowest BCUT2D eigenvalue weighted by molar-refractivity contribution is 0.776. The molecule has 3 rings (SSSR count). The van der Waals surface area contributed by atoms with Gasteiger partial charge in [0, 0.05) is 5.92 Å². The Balaban J connectivity index is 2.15. The number of hydrogen-bond donors (Lipinski definition) is 0. The second kappa shape index (κ2) is 5.11. The molecule has 6 nitrogen and oxygen atoms in total. The van der Waals surface area contributed by atoms with Crippen LogP contribution in [0, 0.1) is 11.3 Å². The summed E-state index contributed by atoms with van der Waals surface area (Å²) in [6.45, 7) is 4.12. The first kappa shape index (κ1) is 12.9. The van der Waals surface area contributed by atoms with Crippen LogP contribution in [0.15, 0.2) is 17.5 Å². The summed E-state index contributed by atoms with van der Waals surface area (Å²) < 4.78 is 1.59. The van der Waals surface area contributed by atoms with Crippen LogP contribution in [-0.2, 0) is 0 Å². The fourth-order valence-electron chi connectivity index (χ4n) is 1.67. The van der Waals surface area contributed by atoms with Crippen LogP contribution < -0.4 is 0 Å². The highest BCUT2D eigenvalue weighted by molar-refractivity contribution is 7.14. The molecule has 0 N–H and O–H groups in total. The van der Waals surface area contributed by atoms with Gasteiger partial charge in [-0.15, -0.1) is 26.6 Å². The number of nitrogens with zero attached hydrogens (tertiary/aromatic N) is 6. The maximum absolute atomic E-state index is 9.18. The predicted octanol–water partition coefficient (Wildman–Crippen LogP) is 2.84. The van der Waals surface area contributed by atoms with Gasteiger partial charge in [0.2, 0.25) is 5.13 Å². The van der Waals surface area contributed by atoms with Crippen molar-refractivity contribution in [3.63, 3.8) is 0 Å². The molecule has 20 heavy (non-hydrogen) atoms. The van der Waals surface area contributed by atoms with Crippen molar-refractivity contribution in [1.82, 2.24) is 25.2 Å². The maximum Gasteiger partial charge on any atom is 0.234 e. The third-order valence-corrected chi connectivity index (χ3v) is 4.71. The summed E-state index contributed by atoms with van der Waals surface area (Å²) in [5, 5.41) is 29.0. The Kier molecular flexibility index (Phi) is 3.30. The van der Waals surface area contributed by atoms with E-state index in [1.165, 1.54) is 22.7 Å². The molecule has 3 aromatic rings. The van der Waals surface area contributed by atoms with Crippen molar-refractivity contribution in [2.75, 3.05) is 0 Å². The molecule has 0 bridgehead atoms. The Bertz CT molecular complexity index is 762. The van der Waals surface area contributed by atoms with E-state index in [4.69, 9.17) is 0 Å². The van der Waals surface area contributed by atoms with Gasteiger partial charge in [0.15, 0.2) is 5.69 Å². The number of rotatable bonds is 3. The predicted molar refractivity (Wildman–Crippen MR) is 76.9 cm³/mol. The lowest BCUT2D eigenvalue weighted by atomic mass is 10.2. The molecule has 0 aliphatic rings. The molecule has 0 aliphatic heterocycles. The van der Waals surface area contributed by atoms with Crippen LogP contribution in [0.3, 0.4) is 0 Å². The molecule has 0 saturated carbocycles. The molecule has 100 valence electrons. The topological polar surface area (TPSA) is 80.3 Å². The summed E-state index contributed by atoms with van der Waals surface area (Å²) >= 11 is 3.00. The van der Waals surface area contributed by atoms with Gasteiger partial charge in [-0.25, -0.2) is 0 Å². The van der Waals surface area contributed by atoms with E-state index in [1.54, 1.807) is 4.68 Å². The SMILES string of the molecule is CC(C)c1nnc(-n2nnc(C#N)c2-c2cccs2)s1. The number of thiophene rings is 1. The Morgan fingerprint density at radius 1 is 1.30 bits per heavy atom. The van der Waals surface area contributed by atoms with E-state index in [0.717, 1.165) is 9.88 Å². The summed E-state index contributed by atoms with van der Waals surface area (Å²) in [4.78, 5) is 0.938. The summed E-state index contributed by atoms with van der Waals surface area (Å²) in [6.07, 6.45) is 0. The maximum atomic E-state index is 9.18. The second-order valence-electron chi connectivity index (χ2n) is 4.37. The highest BCUT2D eigenvalue weighted by Gasteiger charge is 2.20. The zero-order chi connectivity index (χ0) is 14.1. The summed E-state index contributed by atoms with van der Waals surface area (Å²) in [5.41, 5.74) is 0.975. The van der Waals surface area contributed by atoms with Crippen molar-refractivity contribution < 1.29 is 0 Å². The van der Waals surface area contributed by atoms with Crippen molar-refractivity contribution in [3.05, 3.63) is 28.2 Å². The summed E-state index contributed by atoms with van der Waals surface area (Å²) in [7, 11) is 0. The van der Waals surface area contributed by atoms with Crippen molar-refractivity contribution in [2.45, 2.75) is 19.8 Å². The minimum atomic E-state index is 0.300. The van der Waals surface area contributed by atoms with Gasteiger partial charge in [-0.1, -0.05) is 36.5 Å². The zero-order valence-corrected chi connectivity index (χ0v) is 12.4. The van der Waals surface area contributed by atoms with E-state index in [2.05, 4.69) is 40.4 Å². The molecule has 3 heterocycles. The van der Waals surface area contributed by atoms with E-state index in [-0.39, 0.29) is 0 Å². The van der Waals surface area contributed by atoms with E-state index in [9.17, 15) is 5.26 Å². The van der Waals surface area contributed by atoms with Gasteiger partial charge in [-0.3, -0.25) is 0 Å². The Morgan fingerprint density at radius 3 is 2.75 bits per heavy atom. The van der Waals surface area contributed by atoms with Crippen LogP contribution in [0.4, 0.5) is 0 Å². The van der Waals surface area contributed by atoms with Crippen molar-refractivity contribution >= 4 is 22.7 Å². The van der Waals surface area contributed by atoms with Gasteiger partial charge < -0.3 is 0 Å². The second-order valence-corrected chi connectivity index (χ2v) is 6.30. The smallest absolute Gasteiger partial charge is 0.191 e. The van der Waals surface area contributed by atoms with Gasteiger partial charge in [-0.05, 0) is 11.4 Å². The van der Waals surface area contributed by atoms with Crippen LogP contribution in [0.2, 0.25) is 0 Å². The molecule has 0 spiro atoms. The molecule has 0 radical (unpaired) electrons. The largest absolute Gasteiger partial charge is 0.234 e. The van der Waals surface area contributed by atoms with E-state index >= 15 is 0 Å². The lowest BCUT2D eigenvalue weighted by Gasteiger charge is -1.99. The van der Waals surface area contributed by atoms with Crippen molar-refractivity contribution in [1.29, 1.82) is 5.26 Å². The highest BCUT2D eigenvalue weighted by Crippen LogP contribution is 2.30.